The molecule has 0 saturated heterocycles. The minimum Gasteiger partial charge on any atom is -0.507 e. The summed E-state index contributed by atoms with van der Waals surface area (Å²) in [4.78, 5) is 12.0. The molecule has 0 radical (unpaired) electrons. The molecule has 0 aliphatic carbocycles. The monoisotopic (exact) mass is 426 g/mol. The van der Waals surface area contributed by atoms with Crippen LogP contribution >= 0.6 is 0 Å². The molecule has 3 aromatic carbocycles. The third kappa shape index (κ3) is 3.52. The van der Waals surface area contributed by atoms with Crippen LogP contribution in [0.3, 0.4) is 0 Å². The fourth-order valence-electron chi connectivity index (χ4n) is 3.97. The van der Waals surface area contributed by atoms with Crippen LogP contribution in [0.5, 0.6) is 11.5 Å². The first-order valence-electron chi connectivity index (χ1n) is 10.5. The molecular formula is C27H22O5. The molecule has 5 rings (SSSR count). The van der Waals surface area contributed by atoms with Gasteiger partial charge >= 0.3 is 5.63 Å². The van der Waals surface area contributed by atoms with Gasteiger partial charge in [0.2, 0.25) is 0 Å². The van der Waals surface area contributed by atoms with Gasteiger partial charge in [0.1, 0.15) is 17.1 Å². The highest BCUT2D eigenvalue weighted by molar-refractivity contribution is 5.86. The lowest BCUT2D eigenvalue weighted by molar-refractivity contribution is 0.322. The van der Waals surface area contributed by atoms with E-state index >= 15 is 0 Å². The van der Waals surface area contributed by atoms with Crippen molar-refractivity contribution in [3.05, 3.63) is 93.8 Å². The Morgan fingerprint density at radius 3 is 2.56 bits per heavy atom. The smallest absolute Gasteiger partial charge is 0.343 e. The minimum absolute atomic E-state index is 0.0748. The van der Waals surface area contributed by atoms with Crippen molar-refractivity contribution < 1.29 is 18.7 Å². The Balaban J connectivity index is 1.37. The Kier molecular flexibility index (Phi) is 4.94. The Bertz CT molecular complexity index is 1500. The van der Waals surface area contributed by atoms with Crippen LogP contribution in [0.25, 0.3) is 33.3 Å². The molecule has 0 atom stereocenters. The number of furan rings is 1. The lowest BCUT2D eigenvalue weighted by Gasteiger charge is -2.08. The van der Waals surface area contributed by atoms with Crippen LogP contribution in [-0.2, 0) is 6.42 Å². The van der Waals surface area contributed by atoms with Crippen molar-refractivity contribution >= 4 is 21.7 Å². The Morgan fingerprint density at radius 1 is 0.875 bits per heavy atom. The normalized spacial score (nSPS) is 11.3. The van der Waals surface area contributed by atoms with E-state index in [1.165, 1.54) is 23.3 Å². The molecule has 0 spiro atoms. The van der Waals surface area contributed by atoms with Gasteiger partial charge in [-0.2, -0.15) is 0 Å². The van der Waals surface area contributed by atoms with E-state index in [9.17, 15) is 9.90 Å². The molecule has 0 unspecified atom stereocenters. The zero-order valence-electron chi connectivity index (χ0n) is 17.8. The highest BCUT2D eigenvalue weighted by atomic mass is 16.5. The van der Waals surface area contributed by atoms with Crippen molar-refractivity contribution in [2.24, 2.45) is 0 Å². The molecule has 5 nitrogen and oxygen atoms in total. The van der Waals surface area contributed by atoms with Crippen LogP contribution in [0.2, 0.25) is 0 Å². The zero-order chi connectivity index (χ0) is 22.2. The summed E-state index contributed by atoms with van der Waals surface area (Å²) in [6, 6.07) is 22.0. The van der Waals surface area contributed by atoms with Gasteiger partial charge in [-0.3, -0.25) is 0 Å². The Labute approximate surface area is 184 Å². The molecule has 5 heteroatoms. The van der Waals surface area contributed by atoms with Gasteiger partial charge in [0.25, 0.3) is 0 Å². The summed E-state index contributed by atoms with van der Waals surface area (Å²) < 4.78 is 17.3. The second kappa shape index (κ2) is 7.93. The first-order valence-corrected chi connectivity index (χ1v) is 10.5. The third-order valence-electron chi connectivity index (χ3n) is 5.79. The van der Waals surface area contributed by atoms with E-state index in [4.69, 9.17) is 13.6 Å². The maximum atomic E-state index is 12.0. The van der Waals surface area contributed by atoms with Gasteiger partial charge in [-0.1, -0.05) is 42.5 Å². The number of benzene rings is 3. The number of hydrogen-bond donors (Lipinski definition) is 1. The van der Waals surface area contributed by atoms with Crippen molar-refractivity contribution in [1.29, 1.82) is 0 Å². The fraction of sp³-hybridized carbons (Fsp3) is 0.148. The summed E-state index contributed by atoms with van der Waals surface area (Å²) in [5.74, 6) is 1.24. The topological polar surface area (TPSA) is 72.8 Å². The maximum Gasteiger partial charge on any atom is 0.343 e. The van der Waals surface area contributed by atoms with Crippen LogP contribution in [0.1, 0.15) is 16.7 Å². The number of fused-ring (bicyclic) bond motifs is 2. The van der Waals surface area contributed by atoms with E-state index in [0.29, 0.717) is 29.3 Å². The number of aromatic hydroxyl groups is 1. The first-order chi connectivity index (χ1) is 15.5. The Hall–Kier alpha value is -3.99. The van der Waals surface area contributed by atoms with E-state index in [-0.39, 0.29) is 17.1 Å². The summed E-state index contributed by atoms with van der Waals surface area (Å²) >= 11 is 0. The molecule has 2 heterocycles. The number of ether oxygens (including phenoxy) is 1. The molecule has 160 valence electrons. The fourth-order valence-corrected chi connectivity index (χ4v) is 3.97. The van der Waals surface area contributed by atoms with Crippen LogP contribution in [0.4, 0.5) is 0 Å². The molecule has 32 heavy (non-hydrogen) atoms. The van der Waals surface area contributed by atoms with Gasteiger partial charge in [0, 0.05) is 23.4 Å². The van der Waals surface area contributed by atoms with Crippen molar-refractivity contribution in [3.8, 4) is 23.0 Å². The van der Waals surface area contributed by atoms with Crippen LogP contribution in [0.15, 0.2) is 80.4 Å². The lowest BCUT2D eigenvalue weighted by atomic mass is 10.0. The van der Waals surface area contributed by atoms with Crippen LogP contribution in [-0.4, -0.2) is 11.7 Å². The van der Waals surface area contributed by atoms with E-state index in [1.807, 2.05) is 30.3 Å². The summed E-state index contributed by atoms with van der Waals surface area (Å²) in [5, 5.41) is 13.5. The second-order valence-electron chi connectivity index (χ2n) is 7.86. The van der Waals surface area contributed by atoms with Gasteiger partial charge in [-0.05, 0) is 48.4 Å². The van der Waals surface area contributed by atoms with E-state index in [1.54, 1.807) is 13.0 Å². The first kappa shape index (κ1) is 19.9. The quantitative estimate of drug-likeness (QED) is 0.365. The molecule has 2 aromatic heterocycles. The molecule has 0 fully saturated rings. The third-order valence-corrected chi connectivity index (χ3v) is 5.79. The molecule has 0 saturated carbocycles. The summed E-state index contributed by atoms with van der Waals surface area (Å²) in [6.45, 7) is 3.75. The predicted octanol–water partition coefficient (Wildman–Crippen LogP) is 6.15. The summed E-state index contributed by atoms with van der Waals surface area (Å²) in [6.07, 6.45) is 0.787. The second-order valence-corrected chi connectivity index (χ2v) is 7.86. The van der Waals surface area contributed by atoms with Gasteiger partial charge in [0.05, 0.1) is 12.2 Å². The highest BCUT2D eigenvalue weighted by Gasteiger charge is 2.18. The summed E-state index contributed by atoms with van der Waals surface area (Å²) in [5.41, 5.74) is 1.93. The van der Waals surface area contributed by atoms with Gasteiger partial charge < -0.3 is 18.7 Å². The SMILES string of the molecule is Cc1c(-c2cc3ccc(OCCc4cccc5ccccc45)cc3o2)oc(=O)c(C)c1O. The predicted molar refractivity (Wildman–Crippen MR) is 124 cm³/mol. The maximum absolute atomic E-state index is 12.0. The number of hydrogen-bond acceptors (Lipinski definition) is 5. The lowest BCUT2D eigenvalue weighted by Crippen LogP contribution is -2.05. The van der Waals surface area contributed by atoms with Crippen molar-refractivity contribution in [2.45, 2.75) is 20.3 Å². The average molecular weight is 426 g/mol. The molecule has 0 aliphatic rings. The Morgan fingerprint density at radius 2 is 1.69 bits per heavy atom. The van der Waals surface area contributed by atoms with E-state index < -0.39 is 5.63 Å². The highest BCUT2D eigenvalue weighted by Crippen LogP contribution is 2.34. The molecular weight excluding hydrogens is 404 g/mol. The van der Waals surface area contributed by atoms with Crippen LogP contribution < -0.4 is 10.4 Å². The summed E-state index contributed by atoms with van der Waals surface area (Å²) in [7, 11) is 0. The zero-order valence-corrected chi connectivity index (χ0v) is 17.8. The van der Waals surface area contributed by atoms with Gasteiger partial charge in [-0.15, -0.1) is 0 Å². The van der Waals surface area contributed by atoms with Gasteiger partial charge in [-0.25, -0.2) is 4.79 Å². The van der Waals surface area contributed by atoms with Crippen molar-refractivity contribution in [3.63, 3.8) is 0 Å². The number of rotatable bonds is 5. The standard InChI is InChI=1S/C27H22O5/c1-16-25(28)17(2)27(29)32-26(16)24-14-20-10-11-21(15-23(20)31-24)30-13-12-19-8-5-7-18-6-3-4-9-22(18)19/h3-11,14-15,28H,12-13H2,1-2H3. The molecule has 0 bridgehead atoms. The average Bonchev–Trinajstić information content (AvgIpc) is 3.23. The van der Waals surface area contributed by atoms with Crippen molar-refractivity contribution in [2.75, 3.05) is 6.61 Å². The van der Waals surface area contributed by atoms with E-state index in [0.717, 1.165) is 11.8 Å². The molecule has 0 aliphatic heterocycles. The molecule has 1 N–H and O–H groups in total. The largest absolute Gasteiger partial charge is 0.507 e. The van der Waals surface area contributed by atoms with Crippen LogP contribution in [0, 0.1) is 13.8 Å². The molecule has 5 aromatic rings. The van der Waals surface area contributed by atoms with E-state index in [2.05, 4.69) is 30.3 Å². The molecule has 0 amide bonds. The minimum atomic E-state index is -0.582. The van der Waals surface area contributed by atoms with Gasteiger partial charge in [0.15, 0.2) is 11.5 Å². The van der Waals surface area contributed by atoms with Crippen molar-refractivity contribution in [1.82, 2.24) is 0 Å².